The molecule has 0 radical (unpaired) electrons. The van der Waals surface area contributed by atoms with Crippen LogP contribution < -0.4 is 4.74 Å². The molecular formula is C10H7IN2OS. The van der Waals surface area contributed by atoms with Crippen LogP contribution in [0.3, 0.4) is 0 Å². The second-order valence-electron chi connectivity index (χ2n) is 3.32. The van der Waals surface area contributed by atoms with Crippen molar-refractivity contribution in [3.63, 3.8) is 0 Å². The first kappa shape index (κ1) is 9.53. The molecule has 3 nitrogen and oxygen atoms in total. The summed E-state index contributed by atoms with van der Waals surface area (Å²) in [6.45, 7) is 0. The number of hydrogen-bond acceptors (Lipinski definition) is 4. The largest absolute Gasteiger partial charge is 0.482 e. The summed E-state index contributed by atoms with van der Waals surface area (Å²) in [5.41, 5.74) is 1.24. The van der Waals surface area contributed by atoms with Crippen molar-refractivity contribution in [1.82, 2.24) is 9.36 Å². The number of halogens is 1. The average Bonchev–Trinajstić information content (AvgIpc) is 2.82. The predicted molar refractivity (Wildman–Crippen MR) is 66.1 cm³/mol. The van der Waals surface area contributed by atoms with Gasteiger partial charge in [-0.1, -0.05) is 18.2 Å². The van der Waals surface area contributed by atoms with Crippen LogP contribution in [-0.2, 0) is 6.42 Å². The van der Waals surface area contributed by atoms with Gasteiger partial charge < -0.3 is 4.74 Å². The fraction of sp³-hybridized carbons (Fsp3) is 0.200. The summed E-state index contributed by atoms with van der Waals surface area (Å²) in [5, 5.41) is 0. The van der Waals surface area contributed by atoms with E-state index in [2.05, 4.69) is 38.0 Å². The van der Waals surface area contributed by atoms with Gasteiger partial charge in [0, 0.05) is 6.42 Å². The predicted octanol–water partition coefficient (Wildman–Crippen LogP) is 2.82. The molecule has 1 aliphatic rings. The molecule has 0 saturated carbocycles. The molecule has 0 N–H and O–H groups in total. The van der Waals surface area contributed by atoms with Crippen LogP contribution in [0.1, 0.15) is 17.5 Å². The Balaban J connectivity index is 1.90. The molecule has 1 aliphatic heterocycles. The molecule has 76 valence electrons. The molecule has 3 rings (SSSR count). The van der Waals surface area contributed by atoms with Crippen molar-refractivity contribution in [3.8, 4) is 5.75 Å². The Bertz CT molecular complexity index is 475. The molecule has 5 heteroatoms. The molecule has 0 aliphatic carbocycles. The van der Waals surface area contributed by atoms with Gasteiger partial charge in [-0.25, -0.2) is 4.98 Å². The summed E-state index contributed by atoms with van der Waals surface area (Å²) in [6, 6.07) is 8.10. The summed E-state index contributed by atoms with van der Waals surface area (Å²) in [4.78, 5) is 4.34. The molecule has 0 amide bonds. The van der Waals surface area contributed by atoms with Gasteiger partial charge in [0.25, 0.3) is 0 Å². The summed E-state index contributed by atoms with van der Waals surface area (Å²) in [7, 11) is 0. The van der Waals surface area contributed by atoms with E-state index in [1.54, 1.807) is 0 Å². The third kappa shape index (κ3) is 1.74. The third-order valence-electron chi connectivity index (χ3n) is 2.35. The minimum atomic E-state index is 0.00201. The average molecular weight is 330 g/mol. The van der Waals surface area contributed by atoms with Crippen molar-refractivity contribution in [1.29, 1.82) is 0 Å². The Morgan fingerprint density at radius 1 is 1.40 bits per heavy atom. The highest BCUT2D eigenvalue weighted by molar-refractivity contribution is 14.1. The molecule has 1 unspecified atom stereocenters. The third-order valence-corrected chi connectivity index (χ3v) is 3.70. The standard InChI is InChI=1S/C10H7IN2OS/c11-10-12-9(13-15-10)8-5-6-3-1-2-4-7(6)14-8/h1-4,8H,5H2. The number of fused-ring (bicyclic) bond motifs is 1. The van der Waals surface area contributed by atoms with E-state index in [1.165, 1.54) is 17.1 Å². The number of rotatable bonds is 1. The normalized spacial score (nSPS) is 18.6. The number of hydrogen-bond donors (Lipinski definition) is 0. The van der Waals surface area contributed by atoms with Crippen molar-refractivity contribution in [3.05, 3.63) is 38.7 Å². The minimum absolute atomic E-state index is 0.00201. The van der Waals surface area contributed by atoms with Gasteiger partial charge in [0.05, 0.1) is 0 Å². The van der Waals surface area contributed by atoms with Gasteiger partial charge in [0.15, 0.2) is 14.9 Å². The van der Waals surface area contributed by atoms with E-state index in [4.69, 9.17) is 4.74 Å². The van der Waals surface area contributed by atoms with Crippen LogP contribution in [-0.4, -0.2) is 9.36 Å². The summed E-state index contributed by atoms with van der Waals surface area (Å²) >= 11 is 3.59. The number of aromatic nitrogens is 2. The molecule has 1 atom stereocenters. The molecule has 1 aromatic heterocycles. The molecule has 15 heavy (non-hydrogen) atoms. The molecular weight excluding hydrogens is 323 g/mol. The Morgan fingerprint density at radius 3 is 3.00 bits per heavy atom. The van der Waals surface area contributed by atoms with E-state index < -0.39 is 0 Å². The first-order valence-electron chi connectivity index (χ1n) is 4.56. The quantitative estimate of drug-likeness (QED) is 0.754. The summed E-state index contributed by atoms with van der Waals surface area (Å²) in [6.07, 6.45) is 0.880. The van der Waals surface area contributed by atoms with E-state index in [-0.39, 0.29) is 6.10 Å². The van der Waals surface area contributed by atoms with Crippen LogP contribution in [0.2, 0.25) is 0 Å². The van der Waals surface area contributed by atoms with Crippen LogP contribution in [0.15, 0.2) is 24.3 Å². The Hall–Kier alpha value is -0.690. The van der Waals surface area contributed by atoms with E-state index in [9.17, 15) is 0 Å². The smallest absolute Gasteiger partial charge is 0.184 e. The highest BCUT2D eigenvalue weighted by atomic mass is 127. The van der Waals surface area contributed by atoms with E-state index >= 15 is 0 Å². The lowest BCUT2D eigenvalue weighted by Gasteiger charge is -2.04. The number of ether oxygens (including phenoxy) is 1. The van der Waals surface area contributed by atoms with Gasteiger partial charge >= 0.3 is 0 Å². The van der Waals surface area contributed by atoms with E-state index in [0.29, 0.717) is 0 Å². The van der Waals surface area contributed by atoms with Gasteiger partial charge in [-0.15, -0.1) is 0 Å². The SMILES string of the molecule is Ic1nc(C2Cc3ccccc3O2)ns1. The molecule has 0 spiro atoms. The number of nitrogens with zero attached hydrogens (tertiary/aromatic N) is 2. The monoisotopic (exact) mass is 330 g/mol. The minimum Gasteiger partial charge on any atom is -0.482 e. The Morgan fingerprint density at radius 2 is 2.27 bits per heavy atom. The zero-order chi connectivity index (χ0) is 10.3. The van der Waals surface area contributed by atoms with Crippen molar-refractivity contribution < 1.29 is 4.74 Å². The van der Waals surface area contributed by atoms with Crippen LogP contribution in [0.25, 0.3) is 0 Å². The molecule has 2 aromatic rings. The lowest BCUT2D eigenvalue weighted by atomic mass is 10.1. The zero-order valence-corrected chi connectivity index (χ0v) is 10.7. The maximum atomic E-state index is 5.78. The van der Waals surface area contributed by atoms with Crippen LogP contribution in [0, 0.1) is 3.01 Å². The highest BCUT2D eigenvalue weighted by Crippen LogP contribution is 2.35. The maximum Gasteiger partial charge on any atom is 0.184 e. The van der Waals surface area contributed by atoms with Gasteiger partial charge in [-0.2, -0.15) is 4.37 Å². The molecule has 0 saturated heterocycles. The van der Waals surface area contributed by atoms with Crippen molar-refractivity contribution in [2.45, 2.75) is 12.5 Å². The van der Waals surface area contributed by atoms with Gasteiger partial charge in [0.1, 0.15) is 5.75 Å². The highest BCUT2D eigenvalue weighted by Gasteiger charge is 2.26. The second kappa shape index (κ2) is 3.71. The van der Waals surface area contributed by atoms with Crippen molar-refractivity contribution in [2.75, 3.05) is 0 Å². The topological polar surface area (TPSA) is 35.0 Å². The van der Waals surface area contributed by atoms with Crippen LogP contribution in [0.4, 0.5) is 0 Å². The van der Waals surface area contributed by atoms with E-state index in [1.807, 2.05) is 18.2 Å². The second-order valence-corrected chi connectivity index (χ2v) is 5.83. The molecule has 1 aromatic carbocycles. The number of para-hydroxylation sites is 1. The van der Waals surface area contributed by atoms with Gasteiger partial charge in [0.2, 0.25) is 0 Å². The fourth-order valence-corrected chi connectivity index (χ4v) is 2.68. The van der Waals surface area contributed by atoms with Gasteiger partial charge in [-0.05, 0) is 45.8 Å². The van der Waals surface area contributed by atoms with Crippen molar-refractivity contribution >= 4 is 34.1 Å². The molecule has 2 heterocycles. The molecule has 0 bridgehead atoms. The fourth-order valence-electron chi connectivity index (χ4n) is 1.67. The van der Waals surface area contributed by atoms with Crippen LogP contribution in [0.5, 0.6) is 5.75 Å². The zero-order valence-electron chi connectivity index (χ0n) is 7.68. The Kier molecular flexibility index (Phi) is 2.36. The Labute approximate surface area is 105 Å². The van der Waals surface area contributed by atoms with Crippen molar-refractivity contribution in [2.24, 2.45) is 0 Å². The summed E-state index contributed by atoms with van der Waals surface area (Å²) < 4.78 is 11.0. The van der Waals surface area contributed by atoms with Crippen LogP contribution >= 0.6 is 34.1 Å². The van der Waals surface area contributed by atoms with E-state index in [0.717, 1.165) is 21.0 Å². The maximum absolute atomic E-state index is 5.78. The summed E-state index contributed by atoms with van der Waals surface area (Å²) in [5.74, 6) is 1.77. The first-order chi connectivity index (χ1) is 7.33. The first-order valence-corrected chi connectivity index (χ1v) is 6.42. The number of benzene rings is 1. The van der Waals surface area contributed by atoms with Gasteiger partial charge in [-0.3, -0.25) is 0 Å². The lowest BCUT2D eigenvalue weighted by Crippen LogP contribution is -2.05. The lowest BCUT2D eigenvalue weighted by molar-refractivity contribution is 0.229. The molecule has 0 fully saturated rings.